The van der Waals surface area contributed by atoms with Gasteiger partial charge in [0.1, 0.15) is 19.2 Å². The second-order valence-electron chi connectivity index (χ2n) is 5.41. The van der Waals surface area contributed by atoms with E-state index in [0.717, 1.165) is 11.0 Å². The Morgan fingerprint density at radius 3 is 2.56 bits per heavy atom. The van der Waals surface area contributed by atoms with Gasteiger partial charge in [0.15, 0.2) is 0 Å². The molecule has 4 nitrogen and oxygen atoms in total. The van der Waals surface area contributed by atoms with Gasteiger partial charge in [-0.15, -0.1) is 0 Å². The minimum atomic E-state index is -0.515. The number of alkyl carbamates (subject to hydrolysis) is 1. The molecular formula is C13H20BNO3. The second kappa shape index (κ2) is 5.33. The average Bonchev–Trinajstić information content (AvgIpc) is 2.18. The molecule has 0 radical (unpaired) electrons. The number of benzene rings is 1. The zero-order valence-corrected chi connectivity index (χ0v) is 11.6. The fraction of sp³-hybridized carbons (Fsp3) is 0.462. The van der Waals surface area contributed by atoms with E-state index in [2.05, 4.69) is 5.32 Å². The first kappa shape index (κ1) is 14.4. The highest BCUT2D eigenvalue weighted by molar-refractivity contribution is 6.34. The van der Waals surface area contributed by atoms with Crippen molar-refractivity contribution in [2.45, 2.75) is 39.3 Å². The number of phenolic OH excluding ortho intramolecular Hbond substituents is 1. The number of ether oxygens (including phenoxy) is 1. The first-order valence-corrected chi connectivity index (χ1v) is 5.98. The molecule has 1 atom stereocenters. The lowest BCUT2D eigenvalue weighted by Gasteiger charge is -2.22. The molecule has 0 aliphatic rings. The number of aromatic hydroxyl groups is 1. The number of amides is 1. The molecular weight excluding hydrogens is 229 g/mol. The zero-order valence-electron chi connectivity index (χ0n) is 11.6. The molecule has 0 saturated carbocycles. The van der Waals surface area contributed by atoms with Crippen molar-refractivity contribution in [1.29, 1.82) is 0 Å². The van der Waals surface area contributed by atoms with Crippen LogP contribution in [0.3, 0.4) is 0 Å². The van der Waals surface area contributed by atoms with Crippen molar-refractivity contribution in [2.24, 2.45) is 0 Å². The number of rotatable bonds is 2. The van der Waals surface area contributed by atoms with Gasteiger partial charge in [0.05, 0.1) is 6.04 Å². The summed E-state index contributed by atoms with van der Waals surface area (Å²) in [4.78, 5) is 11.6. The molecule has 0 aliphatic carbocycles. The number of carbonyl (C=O) groups excluding carboxylic acids is 1. The summed E-state index contributed by atoms with van der Waals surface area (Å²) in [6.07, 6.45) is -0.463. The first-order valence-electron chi connectivity index (χ1n) is 5.98. The van der Waals surface area contributed by atoms with Gasteiger partial charge in [0.25, 0.3) is 0 Å². The van der Waals surface area contributed by atoms with Crippen molar-refractivity contribution < 1.29 is 14.6 Å². The van der Waals surface area contributed by atoms with Crippen LogP contribution in [0.2, 0.25) is 0 Å². The minimum absolute atomic E-state index is 0.216. The van der Waals surface area contributed by atoms with Gasteiger partial charge in [-0.05, 0) is 44.8 Å². The van der Waals surface area contributed by atoms with Crippen LogP contribution in [-0.2, 0) is 4.74 Å². The number of hydrogen-bond acceptors (Lipinski definition) is 3. The Kier molecular flexibility index (Phi) is 4.27. The molecule has 0 unspecified atom stereocenters. The summed E-state index contributed by atoms with van der Waals surface area (Å²) in [6.45, 7) is 7.28. The van der Waals surface area contributed by atoms with Crippen molar-refractivity contribution in [3.8, 4) is 5.75 Å². The van der Waals surface area contributed by atoms with E-state index in [1.54, 1.807) is 6.07 Å². The van der Waals surface area contributed by atoms with E-state index in [1.165, 1.54) is 0 Å². The largest absolute Gasteiger partial charge is 0.509 e. The average molecular weight is 249 g/mol. The van der Waals surface area contributed by atoms with Crippen molar-refractivity contribution >= 4 is 19.4 Å². The van der Waals surface area contributed by atoms with Crippen LogP contribution < -0.4 is 10.8 Å². The lowest BCUT2D eigenvalue weighted by molar-refractivity contribution is 0.0508. The number of phenols is 1. The quantitative estimate of drug-likeness (QED) is 0.775. The van der Waals surface area contributed by atoms with Gasteiger partial charge in [-0.3, -0.25) is 0 Å². The van der Waals surface area contributed by atoms with Crippen LogP contribution in [0.25, 0.3) is 0 Å². The standard InChI is InChI=1S/C13H20BNO3/c1-8(15-12(17)18-13(2,3)4)9-5-6-10(14)11(16)7-9/h5-8,16H,14H2,1-4H3,(H,15,17)/t8-/m1/s1. The molecule has 0 heterocycles. The van der Waals surface area contributed by atoms with Gasteiger partial charge in [-0.25, -0.2) is 4.79 Å². The molecule has 18 heavy (non-hydrogen) atoms. The van der Waals surface area contributed by atoms with E-state index in [4.69, 9.17) is 4.74 Å². The number of nitrogens with one attached hydrogen (secondary N) is 1. The van der Waals surface area contributed by atoms with E-state index in [0.29, 0.717) is 0 Å². The van der Waals surface area contributed by atoms with Gasteiger partial charge in [-0.1, -0.05) is 12.1 Å². The van der Waals surface area contributed by atoms with E-state index in [-0.39, 0.29) is 11.8 Å². The molecule has 0 bridgehead atoms. The third kappa shape index (κ3) is 4.32. The maximum absolute atomic E-state index is 11.6. The lowest BCUT2D eigenvalue weighted by Crippen LogP contribution is -2.34. The monoisotopic (exact) mass is 249 g/mol. The van der Waals surface area contributed by atoms with Crippen LogP contribution in [0, 0.1) is 0 Å². The van der Waals surface area contributed by atoms with Crippen LogP contribution in [0.1, 0.15) is 39.3 Å². The Morgan fingerprint density at radius 2 is 2.06 bits per heavy atom. The normalized spacial score (nSPS) is 12.9. The summed E-state index contributed by atoms with van der Waals surface area (Å²) < 4.78 is 5.17. The van der Waals surface area contributed by atoms with Crippen LogP contribution in [-0.4, -0.2) is 24.6 Å². The summed E-state index contributed by atoms with van der Waals surface area (Å²) in [7, 11) is 1.82. The van der Waals surface area contributed by atoms with E-state index in [9.17, 15) is 9.90 Å². The first-order chi connectivity index (χ1) is 8.19. The minimum Gasteiger partial charge on any atom is -0.509 e. The Hall–Kier alpha value is -1.65. The summed E-state index contributed by atoms with van der Waals surface area (Å²) >= 11 is 0. The smallest absolute Gasteiger partial charge is 0.408 e. The predicted molar refractivity (Wildman–Crippen MR) is 74.1 cm³/mol. The fourth-order valence-electron chi connectivity index (χ4n) is 1.46. The molecule has 98 valence electrons. The van der Waals surface area contributed by atoms with Crippen LogP contribution in [0.4, 0.5) is 4.79 Å². The molecule has 1 aromatic rings. The van der Waals surface area contributed by atoms with Crippen molar-refractivity contribution in [3.05, 3.63) is 23.8 Å². The third-order valence-electron chi connectivity index (χ3n) is 2.47. The van der Waals surface area contributed by atoms with Gasteiger partial charge in [0, 0.05) is 0 Å². The van der Waals surface area contributed by atoms with Gasteiger partial charge in [-0.2, -0.15) is 0 Å². The maximum Gasteiger partial charge on any atom is 0.408 e. The van der Waals surface area contributed by atoms with Crippen molar-refractivity contribution in [2.75, 3.05) is 0 Å². The maximum atomic E-state index is 11.6. The van der Waals surface area contributed by atoms with E-state index >= 15 is 0 Å². The Balaban J connectivity index is 2.68. The van der Waals surface area contributed by atoms with Gasteiger partial charge >= 0.3 is 6.09 Å². The highest BCUT2D eigenvalue weighted by Gasteiger charge is 2.18. The van der Waals surface area contributed by atoms with Crippen LogP contribution >= 0.6 is 0 Å². The molecule has 0 fully saturated rings. The SMILES string of the molecule is Bc1ccc([C@@H](C)NC(=O)OC(C)(C)C)cc1O. The molecule has 1 aromatic carbocycles. The summed E-state index contributed by atoms with van der Waals surface area (Å²) in [5.41, 5.74) is 1.13. The highest BCUT2D eigenvalue weighted by Crippen LogP contribution is 2.17. The second-order valence-corrected chi connectivity index (χ2v) is 5.41. The van der Waals surface area contributed by atoms with Crippen LogP contribution in [0.5, 0.6) is 5.75 Å². The third-order valence-corrected chi connectivity index (χ3v) is 2.47. The molecule has 0 spiro atoms. The highest BCUT2D eigenvalue weighted by atomic mass is 16.6. The van der Waals surface area contributed by atoms with Crippen molar-refractivity contribution in [1.82, 2.24) is 5.32 Å². The lowest BCUT2D eigenvalue weighted by atomic mass is 9.92. The molecule has 0 aliphatic heterocycles. The molecule has 1 rings (SSSR count). The fourth-order valence-corrected chi connectivity index (χ4v) is 1.46. The van der Waals surface area contributed by atoms with E-state index < -0.39 is 11.7 Å². The number of hydrogen-bond donors (Lipinski definition) is 2. The molecule has 0 saturated heterocycles. The summed E-state index contributed by atoms with van der Waals surface area (Å²) in [6, 6.07) is 5.12. The molecule has 1 amide bonds. The molecule has 5 heteroatoms. The Morgan fingerprint density at radius 1 is 1.44 bits per heavy atom. The Bertz CT molecular complexity index is 440. The van der Waals surface area contributed by atoms with Gasteiger partial charge < -0.3 is 15.2 Å². The summed E-state index contributed by atoms with van der Waals surface area (Å²) in [5, 5.41) is 12.4. The van der Waals surface area contributed by atoms with E-state index in [1.807, 2.05) is 47.7 Å². The van der Waals surface area contributed by atoms with Gasteiger partial charge in [0.2, 0.25) is 0 Å². The topological polar surface area (TPSA) is 58.6 Å². The zero-order chi connectivity index (χ0) is 13.9. The van der Waals surface area contributed by atoms with Crippen molar-refractivity contribution in [3.63, 3.8) is 0 Å². The summed E-state index contributed by atoms with van der Waals surface area (Å²) in [5.74, 6) is 0.227. The molecule has 0 aromatic heterocycles. The predicted octanol–water partition coefficient (Wildman–Crippen LogP) is 1.24. The number of carbonyl (C=O) groups is 1. The Labute approximate surface area is 109 Å². The molecule has 2 N–H and O–H groups in total. The van der Waals surface area contributed by atoms with Crippen LogP contribution in [0.15, 0.2) is 18.2 Å².